The van der Waals surface area contributed by atoms with Gasteiger partial charge in [-0.25, -0.2) is 0 Å². The quantitative estimate of drug-likeness (QED) is 0.572. The van der Waals surface area contributed by atoms with E-state index in [1.807, 2.05) is 60.7 Å². The van der Waals surface area contributed by atoms with Crippen LogP contribution < -0.4 is 4.74 Å². The summed E-state index contributed by atoms with van der Waals surface area (Å²) in [6.45, 7) is 0. The summed E-state index contributed by atoms with van der Waals surface area (Å²) >= 11 is 0. The molecule has 3 aromatic rings. The van der Waals surface area contributed by atoms with Crippen molar-refractivity contribution in [2.75, 3.05) is 7.11 Å². The Balaban J connectivity index is 1.60. The Morgan fingerprint density at radius 2 is 1.58 bits per heavy atom. The third-order valence-electron chi connectivity index (χ3n) is 5.73. The van der Waals surface area contributed by atoms with Crippen LogP contribution in [0.3, 0.4) is 0 Å². The van der Waals surface area contributed by atoms with Gasteiger partial charge in [-0.2, -0.15) is 10.2 Å². The SMILES string of the molecule is COc1cccc([C@H]2N=NC(C3=C(O)c4ccccc4C3=O)=C[C@H]2c2ccccc2)c1. The van der Waals surface area contributed by atoms with Gasteiger partial charge in [0.15, 0.2) is 5.78 Å². The maximum Gasteiger partial charge on any atom is 0.199 e. The summed E-state index contributed by atoms with van der Waals surface area (Å²) in [5, 5.41) is 19.8. The number of nitrogens with zero attached hydrogens (tertiary/aromatic N) is 2. The number of aliphatic hydroxyl groups excluding tert-OH is 1. The van der Waals surface area contributed by atoms with Crippen LogP contribution in [0, 0.1) is 0 Å². The number of Topliss-reactive ketones (excluding diaryl/α,β-unsaturated/α-hetero) is 1. The van der Waals surface area contributed by atoms with Gasteiger partial charge in [0.1, 0.15) is 17.6 Å². The average molecular weight is 408 g/mol. The zero-order valence-electron chi connectivity index (χ0n) is 16.9. The van der Waals surface area contributed by atoms with Gasteiger partial charge in [-0.05, 0) is 29.3 Å². The molecule has 0 bridgehead atoms. The molecule has 1 N–H and O–H groups in total. The molecule has 3 aromatic carbocycles. The molecule has 2 atom stereocenters. The fourth-order valence-electron chi connectivity index (χ4n) is 4.18. The Morgan fingerprint density at radius 1 is 0.871 bits per heavy atom. The van der Waals surface area contributed by atoms with Crippen LogP contribution in [0.4, 0.5) is 0 Å². The number of hydrogen-bond donors (Lipinski definition) is 1. The van der Waals surface area contributed by atoms with E-state index in [1.54, 1.807) is 31.4 Å². The van der Waals surface area contributed by atoms with Gasteiger partial charge in [-0.1, -0.05) is 66.7 Å². The molecule has 5 heteroatoms. The second-order valence-corrected chi connectivity index (χ2v) is 7.52. The van der Waals surface area contributed by atoms with E-state index in [0.29, 0.717) is 16.8 Å². The number of fused-ring (bicyclic) bond motifs is 1. The normalized spacial score (nSPS) is 19.9. The Bertz CT molecular complexity index is 1260. The van der Waals surface area contributed by atoms with Crippen molar-refractivity contribution in [3.63, 3.8) is 0 Å². The largest absolute Gasteiger partial charge is 0.506 e. The number of benzene rings is 3. The van der Waals surface area contributed by atoms with Crippen LogP contribution in [-0.4, -0.2) is 18.0 Å². The molecule has 0 aromatic heterocycles. The maximum atomic E-state index is 13.0. The van der Waals surface area contributed by atoms with Crippen molar-refractivity contribution in [3.05, 3.63) is 118 Å². The lowest BCUT2D eigenvalue weighted by Gasteiger charge is -2.25. The van der Waals surface area contributed by atoms with Crippen LogP contribution in [-0.2, 0) is 0 Å². The molecular weight excluding hydrogens is 388 g/mol. The predicted octanol–water partition coefficient (Wildman–Crippen LogP) is 6.04. The molecule has 0 amide bonds. The number of ketones is 1. The molecule has 1 heterocycles. The molecule has 5 nitrogen and oxygen atoms in total. The van der Waals surface area contributed by atoms with Gasteiger partial charge in [0.25, 0.3) is 0 Å². The number of aliphatic hydroxyl groups is 1. The van der Waals surface area contributed by atoms with Crippen LogP contribution in [0.25, 0.3) is 5.76 Å². The van der Waals surface area contributed by atoms with Gasteiger partial charge < -0.3 is 9.84 Å². The van der Waals surface area contributed by atoms with E-state index in [9.17, 15) is 9.90 Å². The Hall–Kier alpha value is -3.99. The Kier molecular flexibility index (Phi) is 4.71. The van der Waals surface area contributed by atoms with Crippen molar-refractivity contribution in [1.82, 2.24) is 0 Å². The van der Waals surface area contributed by atoms with Gasteiger partial charge in [-0.15, -0.1) is 0 Å². The molecule has 0 saturated carbocycles. The van der Waals surface area contributed by atoms with E-state index < -0.39 is 0 Å². The van der Waals surface area contributed by atoms with Gasteiger partial charge in [-0.3, -0.25) is 4.79 Å². The van der Waals surface area contributed by atoms with Crippen LogP contribution in [0.1, 0.15) is 39.0 Å². The molecular formula is C26H20N2O3. The van der Waals surface area contributed by atoms with Crippen molar-refractivity contribution in [2.45, 2.75) is 12.0 Å². The predicted molar refractivity (Wildman–Crippen MR) is 118 cm³/mol. The fourth-order valence-corrected chi connectivity index (χ4v) is 4.18. The molecule has 1 aliphatic carbocycles. The maximum absolute atomic E-state index is 13.0. The summed E-state index contributed by atoms with van der Waals surface area (Å²) in [6, 6.07) is 24.5. The zero-order chi connectivity index (χ0) is 21.4. The first-order chi connectivity index (χ1) is 15.2. The van der Waals surface area contributed by atoms with Crippen LogP contribution in [0.15, 0.2) is 106 Å². The second kappa shape index (κ2) is 7.69. The first-order valence-corrected chi connectivity index (χ1v) is 10.1. The number of carbonyl (C=O) groups is 1. The van der Waals surface area contributed by atoms with E-state index in [4.69, 9.17) is 4.74 Å². The number of azo groups is 1. The monoisotopic (exact) mass is 408 g/mol. The van der Waals surface area contributed by atoms with E-state index >= 15 is 0 Å². The minimum absolute atomic E-state index is 0.0440. The number of ether oxygens (including phenoxy) is 1. The molecule has 0 radical (unpaired) electrons. The zero-order valence-corrected chi connectivity index (χ0v) is 16.9. The summed E-state index contributed by atoms with van der Waals surface area (Å²) in [4.78, 5) is 13.0. The summed E-state index contributed by atoms with van der Waals surface area (Å²) in [5.74, 6) is 0.316. The fraction of sp³-hybridized carbons (Fsp3) is 0.115. The van der Waals surface area contributed by atoms with Crippen molar-refractivity contribution >= 4 is 11.5 Å². The Labute approximate surface area is 180 Å². The minimum atomic E-state index is -0.275. The molecule has 31 heavy (non-hydrogen) atoms. The second-order valence-electron chi connectivity index (χ2n) is 7.52. The topological polar surface area (TPSA) is 71.2 Å². The molecule has 0 fully saturated rings. The number of hydrogen-bond acceptors (Lipinski definition) is 5. The molecule has 152 valence electrons. The van der Waals surface area contributed by atoms with E-state index in [1.165, 1.54) is 0 Å². The van der Waals surface area contributed by atoms with Crippen LogP contribution in [0.2, 0.25) is 0 Å². The summed E-state index contributed by atoms with van der Waals surface area (Å²) < 4.78 is 5.38. The molecule has 1 aliphatic heterocycles. The van der Waals surface area contributed by atoms with Gasteiger partial charge in [0, 0.05) is 17.0 Å². The van der Waals surface area contributed by atoms with Gasteiger partial charge >= 0.3 is 0 Å². The number of rotatable bonds is 4. The molecule has 2 aliphatic rings. The highest BCUT2D eigenvalue weighted by molar-refractivity contribution is 6.22. The summed E-state index contributed by atoms with van der Waals surface area (Å²) in [6.07, 6.45) is 1.93. The van der Waals surface area contributed by atoms with Crippen LogP contribution >= 0.6 is 0 Å². The van der Waals surface area contributed by atoms with E-state index in [0.717, 1.165) is 16.9 Å². The van der Waals surface area contributed by atoms with Crippen molar-refractivity contribution in [1.29, 1.82) is 0 Å². The van der Waals surface area contributed by atoms with Gasteiger partial charge in [0.05, 0.1) is 18.4 Å². The smallest absolute Gasteiger partial charge is 0.199 e. The third kappa shape index (κ3) is 3.24. The number of carbonyl (C=O) groups excluding carboxylic acids is 1. The lowest BCUT2D eigenvalue weighted by molar-refractivity contribution is 0.103. The highest BCUT2D eigenvalue weighted by atomic mass is 16.5. The van der Waals surface area contributed by atoms with Crippen molar-refractivity contribution in [2.24, 2.45) is 10.2 Å². The van der Waals surface area contributed by atoms with E-state index in [2.05, 4.69) is 10.2 Å². The van der Waals surface area contributed by atoms with Crippen LogP contribution in [0.5, 0.6) is 5.75 Å². The molecule has 0 saturated heterocycles. The molecule has 0 spiro atoms. The number of methoxy groups -OCH3 is 1. The van der Waals surface area contributed by atoms with Gasteiger partial charge in [0.2, 0.25) is 0 Å². The summed E-state index contributed by atoms with van der Waals surface area (Å²) in [5.41, 5.74) is 3.63. The average Bonchev–Trinajstić information content (AvgIpc) is 3.09. The lowest BCUT2D eigenvalue weighted by atomic mass is 9.85. The minimum Gasteiger partial charge on any atom is -0.506 e. The number of allylic oxidation sites excluding steroid dienone is 1. The standard InChI is InChI=1S/C26H20N2O3/c1-31-18-11-7-10-17(14-18)24-21(16-8-3-2-4-9-16)15-22(27-28-24)23-25(29)19-12-5-6-13-20(19)26(23)30/h2-15,21,24,29H,1H3/t21-,24+/m0/s1. The highest BCUT2D eigenvalue weighted by Crippen LogP contribution is 2.44. The van der Waals surface area contributed by atoms with E-state index in [-0.39, 0.29) is 29.1 Å². The summed E-state index contributed by atoms with van der Waals surface area (Å²) in [7, 11) is 1.63. The molecule has 5 rings (SSSR count). The first kappa shape index (κ1) is 19.0. The third-order valence-corrected chi connectivity index (χ3v) is 5.73. The Morgan fingerprint density at radius 3 is 2.32 bits per heavy atom. The van der Waals surface area contributed by atoms with Crippen molar-refractivity contribution in [3.8, 4) is 5.75 Å². The highest BCUT2D eigenvalue weighted by Gasteiger charge is 2.35. The van der Waals surface area contributed by atoms with Crippen molar-refractivity contribution < 1.29 is 14.6 Å². The lowest BCUT2D eigenvalue weighted by Crippen LogP contribution is -2.13. The molecule has 0 unspecified atom stereocenters. The first-order valence-electron chi connectivity index (χ1n) is 10.1.